The second kappa shape index (κ2) is 8.92. The van der Waals surface area contributed by atoms with Crippen molar-refractivity contribution < 1.29 is 18.4 Å². The van der Waals surface area contributed by atoms with Crippen LogP contribution in [0.1, 0.15) is 47.3 Å². The molecular weight excluding hydrogens is 376 g/mol. The van der Waals surface area contributed by atoms with Crippen molar-refractivity contribution in [3.63, 3.8) is 0 Å². The van der Waals surface area contributed by atoms with Crippen LogP contribution < -0.4 is 11.2 Å². The highest BCUT2D eigenvalue weighted by Gasteiger charge is 2.57. The van der Waals surface area contributed by atoms with Crippen LogP contribution in [0.25, 0.3) is 0 Å². The van der Waals surface area contributed by atoms with E-state index in [0.29, 0.717) is 6.42 Å². The van der Waals surface area contributed by atoms with Crippen LogP contribution in [-0.4, -0.2) is 51.5 Å². The highest BCUT2D eigenvalue weighted by atomic mass is 31.1. The smallest absolute Gasteiger partial charge is 0.330 e. The number of alkyl halides is 1. The average Bonchev–Trinajstić information content (AvgIpc) is 2.87. The Bertz CT molecular complexity index is 726. The van der Waals surface area contributed by atoms with Crippen LogP contribution in [0.15, 0.2) is 21.9 Å². The highest BCUT2D eigenvalue weighted by molar-refractivity contribution is 7.29. The number of H-pyrrole nitrogens is 1. The SMILES string of the molecule is CC[C@]1(OC)O[C@@H](n2ccc(=O)[nH]c2=O)[C@@H](F)C1OPN(C(C)C)C(C)C. The Labute approximate surface area is 159 Å². The van der Waals surface area contributed by atoms with Crippen molar-refractivity contribution in [2.45, 2.75) is 77.4 Å². The molecule has 1 fully saturated rings. The predicted octanol–water partition coefficient (Wildman–Crippen LogP) is 2.17. The molecule has 1 saturated heterocycles. The van der Waals surface area contributed by atoms with Crippen LogP contribution in [0.2, 0.25) is 0 Å². The van der Waals surface area contributed by atoms with Gasteiger partial charge in [-0.1, -0.05) is 6.92 Å². The quantitative estimate of drug-likeness (QED) is 0.668. The molecule has 1 aliphatic heterocycles. The molecule has 1 aromatic rings. The predicted molar refractivity (Wildman–Crippen MR) is 102 cm³/mol. The number of halogens is 1. The second-order valence-electron chi connectivity index (χ2n) is 7.06. The van der Waals surface area contributed by atoms with Crippen molar-refractivity contribution >= 4 is 8.96 Å². The van der Waals surface area contributed by atoms with Crippen molar-refractivity contribution in [1.82, 2.24) is 14.2 Å². The molecule has 0 spiro atoms. The summed E-state index contributed by atoms with van der Waals surface area (Å²) in [5, 5.41) is 0. The fourth-order valence-electron chi connectivity index (χ4n) is 3.24. The van der Waals surface area contributed by atoms with E-state index in [4.69, 9.17) is 14.0 Å². The molecule has 0 aromatic carbocycles. The van der Waals surface area contributed by atoms with Crippen molar-refractivity contribution in [2.75, 3.05) is 7.11 Å². The number of methoxy groups -OCH3 is 1. The van der Waals surface area contributed by atoms with Gasteiger partial charge in [-0.3, -0.25) is 19.0 Å². The molecule has 5 atom stereocenters. The van der Waals surface area contributed by atoms with Gasteiger partial charge in [0.15, 0.2) is 24.3 Å². The standard InChI is InChI=1S/C17H29FN3O5P/c1-7-17(24-6)14(26-27-21(10(2)3)11(4)5)13(18)15(25-17)20-9-8-12(22)19-16(20)23/h8-11,13-15,27H,7H2,1-6H3,(H,19,22,23)/t13-,14?,15+,17-/m0/s1. The van der Waals surface area contributed by atoms with Gasteiger partial charge in [0.1, 0.15) is 0 Å². The summed E-state index contributed by atoms with van der Waals surface area (Å²) in [6, 6.07) is 1.59. The lowest BCUT2D eigenvalue weighted by Gasteiger charge is -2.35. The monoisotopic (exact) mass is 405 g/mol. The van der Waals surface area contributed by atoms with E-state index in [1.807, 2.05) is 27.7 Å². The molecule has 8 nitrogen and oxygen atoms in total. The summed E-state index contributed by atoms with van der Waals surface area (Å²) < 4.78 is 35.8. The molecule has 0 radical (unpaired) electrons. The van der Waals surface area contributed by atoms with Gasteiger partial charge >= 0.3 is 5.69 Å². The first kappa shape index (κ1) is 22.2. The van der Waals surface area contributed by atoms with E-state index >= 15 is 4.39 Å². The lowest BCUT2D eigenvalue weighted by atomic mass is 10.1. The molecule has 2 rings (SSSR count). The number of ether oxygens (including phenoxy) is 2. The average molecular weight is 405 g/mol. The highest BCUT2D eigenvalue weighted by Crippen LogP contribution is 2.45. The normalized spacial score (nSPS) is 29.0. The molecule has 2 unspecified atom stereocenters. The lowest BCUT2D eigenvalue weighted by molar-refractivity contribution is -0.250. The van der Waals surface area contributed by atoms with Crippen molar-refractivity contribution in [1.29, 1.82) is 0 Å². The first-order valence-electron chi connectivity index (χ1n) is 9.05. The molecule has 154 valence electrons. The van der Waals surface area contributed by atoms with Crippen LogP contribution in [0.3, 0.4) is 0 Å². The summed E-state index contributed by atoms with van der Waals surface area (Å²) in [6.45, 7) is 9.97. The molecule has 10 heteroatoms. The van der Waals surface area contributed by atoms with E-state index in [9.17, 15) is 9.59 Å². The molecular formula is C17H29FN3O5P. The summed E-state index contributed by atoms with van der Waals surface area (Å²) in [5.41, 5.74) is -1.30. The van der Waals surface area contributed by atoms with Gasteiger partial charge in [0, 0.05) is 37.9 Å². The number of nitrogens with one attached hydrogen (secondary N) is 1. The minimum atomic E-state index is -1.65. The summed E-state index contributed by atoms with van der Waals surface area (Å²) in [6.07, 6.45) is -2.38. The van der Waals surface area contributed by atoms with Gasteiger partial charge < -0.3 is 14.0 Å². The van der Waals surface area contributed by atoms with Gasteiger partial charge in [-0.2, -0.15) is 0 Å². The maximum atomic E-state index is 15.3. The third-order valence-corrected chi connectivity index (χ3v) is 6.28. The van der Waals surface area contributed by atoms with Gasteiger partial charge in [-0.15, -0.1) is 0 Å². The molecule has 0 bridgehead atoms. The Kier molecular flexibility index (Phi) is 7.33. The Morgan fingerprint density at radius 2 is 2.00 bits per heavy atom. The molecule has 1 aliphatic rings. The van der Waals surface area contributed by atoms with Gasteiger partial charge in [0.05, 0.1) is 8.96 Å². The Hall–Kier alpha value is -1.12. The molecule has 0 amide bonds. The summed E-state index contributed by atoms with van der Waals surface area (Å²) in [5.74, 6) is -1.33. The van der Waals surface area contributed by atoms with Crippen molar-refractivity contribution in [3.05, 3.63) is 33.1 Å². The first-order chi connectivity index (χ1) is 12.7. The fraction of sp³-hybridized carbons (Fsp3) is 0.765. The van der Waals surface area contributed by atoms with Crippen LogP contribution in [-0.2, 0) is 14.0 Å². The van der Waals surface area contributed by atoms with E-state index in [1.54, 1.807) is 6.92 Å². The maximum absolute atomic E-state index is 15.3. The third-order valence-electron chi connectivity index (χ3n) is 4.68. The number of hydrogen-bond acceptors (Lipinski definition) is 6. The Balaban J connectivity index is 2.31. The number of aromatic nitrogens is 2. The largest absolute Gasteiger partial charge is 0.351 e. The molecule has 0 aliphatic carbocycles. The van der Waals surface area contributed by atoms with Crippen LogP contribution in [0, 0.1) is 0 Å². The summed E-state index contributed by atoms with van der Waals surface area (Å²) >= 11 is 0. The van der Waals surface area contributed by atoms with Crippen LogP contribution in [0.4, 0.5) is 4.39 Å². The van der Waals surface area contributed by atoms with Crippen molar-refractivity contribution in [2.24, 2.45) is 0 Å². The van der Waals surface area contributed by atoms with Gasteiger partial charge in [0.25, 0.3) is 5.56 Å². The van der Waals surface area contributed by atoms with E-state index in [1.165, 1.54) is 13.3 Å². The van der Waals surface area contributed by atoms with Gasteiger partial charge in [0.2, 0.25) is 0 Å². The van der Waals surface area contributed by atoms with E-state index in [0.717, 1.165) is 10.6 Å². The van der Waals surface area contributed by atoms with E-state index in [2.05, 4.69) is 9.65 Å². The fourth-order valence-corrected chi connectivity index (χ4v) is 4.21. The summed E-state index contributed by atoms with van der Waals surface area (Å²) in [4.78, 5) is 25.5. The van der Waals surface area contributed by atoms with Crippen LogP contribution >= 0.6 is 8.96 Å². The molecule has 1 aromatic heterocycles. The molecule has 2 heterocycles. The lowest BCUT2D eigenvalue weighted by Crippen LogP contribution is -2.44. The van der Waals surface area contributed by atoms with Gasteiger partial charge in [-0.25, -0.2) is 9.18 Å². The number of aromatic amines is 1. The second-order valence-corrected chi connectivity index (χ2v) is 8.00. The minimum Gasteiger partial charge on any atom is -0.351 e. The topological polar surface area (TPSA) is 85.8 Å². The van der Waals surface area contributed by atoms with Crippen molar-refractivity contribution in [3.8, 4) is 0 Å². The zero-order valence-corrected chi connectivity index (χ0v) is 17.6. The summed E-state index contributed by atoms with van der Waals surface area (Å²) in [7, 11) is 1.33. The zero-order valence-electron chi connectivity index (χ0n) is 16.6. The third kappa shape index (κ3) is 4.49. The molecule has 1 N–H and O–H groups in total. The number of nitrogens with zero attached hydrogens (tertiary/aromatic N) is 2. The minimum absolute atomic E-state index is 0.0925. The first-order valence-corrected chi connectivity index (χ1v) is 9.90. The zero-order chi connectivity index (χ0) is 20.4. The van der Waals surface area contributed by atoms with E-state index < -0.39 is 35.5 Å². The number of hydrogen-bond donors (Lipinski definition) is 1. The van der Waals surface area contributed by atoms with E-state index in [-0.39, 0.29) is 21.0 Å². The maximum Gasteiger partial charge on any atom is 0.330 e. The van der Waals surface area contributed by atoms with Crippen LogP contribution in [0.5, 0.6) is 0 Å². The Morgan fingerprint density at radius 3 is 2.48 bits per heavy atom. The number of rotatable bonds is 8. The Morgan fingerprint density at radius 1 is 1.37 bits per heavy atom. The molecule has 0 saturated carbocycles. The van der Waals surface area contributed by atoms with Gasteiger partial charge in [-0.05, 0) is 27.7 Å². The molecule has 27 heavy (non-hydrogen) atoms.